The number of hydrogen-bond acceptors (Lipinski definition) is 5. The molecule has 1 aromatic heterocycles. The van der Waals surface area contributed by atoms with E-state index in [0.717, 1.165) is 12.8 Å². The predicted octanol–water partition coefficient (Wildman–Crippen LogP) is 1.93. The number of hydrogen-bond donors (Lipinski definition) is 0. The highest BCUT2D eigenvalue weighted by atomic mass is 35.5. The Labute approximate surface area is 140 Å². The molecule has 1 aliphatic carbocycles. The molecule has 1 aliphatic heterocycles. The molecule has 0 aromatic carbocycles. The second-order valence-corrected chi connectivity index (χ2v) is 8.55. The third-order valence-electron chi connectivity index (χ3n) is 4.09. The third kappa shape index (κ3) is 3.61. The highest BCUT2D eigenvalue weighted by molar-refractivity contribution is 7.91. The molecule has 0 bridgehead atoms. The van der Waals surface area contributed by atoms with Gasteiger partial charge in [0.2, 0.25) is 5.88 Å². The smallest absolute Gasteiger partial charge is 0.274 e. The van der Waals surface area contributed by atoms with Gasteiger partial charge >= 0.3 is 0 Å². The molecule has 126 valence electrons. The number of pyridine rings is 1. The zero-order valence-electron chi connectivity index (χ0n) is 12.9. The Bertz CT molecular complexity index is 718. The summed E-state index contributed by atoms with van der Waals surface area (Å²) in [6.45, 7) is 2.27. The largest absolute Gasteiger partial charge is 0.478 e. The number of carbonyl (C=O) groups excluding carboxylic acids is 1. The Morgan fingerprint density at radius 1 is 1.35 bits per heavy atom. The third-order valence-corrected chi connectivity index (χ3v) is 6.15. The van der Waals surface area contributed by atoms with Gasteiger partial charge in [0.05, 0.1) is 23.1 Å². The number of rotatable bonds is 5. The van der Waals surface area contributed by atoms with Gasteiger partial charge in [0.1, 0.15) is 0 Å². The van der Waals surface area contributed by atoms with E-state index >= 15 is 0 Å². The first kappa shape index (κ1) is 16.5. The molecule has 1 saturated carbocycles. The Morgan fingerprint density at radius 2 is 2.09 bits per heavy atom. The molecule has 3 rings (SSSR count). The van der Waals surface area contributed by atoms with Gasteiger partial charge in [0, 0.05) is 18.2 Å². The van der Waals surface area contributed by atoms with Crippen molar-refractivity contribution >= 4 is 27.3 Å². The Morgan fingerprint density at radius 3 is 2.65 bits per heavy atom. The molecule has 6 nitrogen and oxygen atoms in total. The van der Waals surface area contributed by atoms with Gasteiger partial charge in [-0.05, 0) is 32.3 Å². The number of halogens is 1. The van der Waals surface area contributed by atoms with Crippen LogP contribution in [-0.2, 0) is 9.84 Å². The summed E-state index contributed by atoms with van der Waals surface area (Å²) in [6, 6.07) is 3.01. The van der Waals surface area contributed by atoms with Crippen LogP contribution in [0.15, 0.2) is 12.1 Å². The Balaban J connectivity index is 1.89. The normalized spacial score (nSPS) is 22.8. The van der Waals surface area contributed by atoms with E-state index in [1.54, 1.807) is 17.0 Å². The van der Waals surface area contributed by atoms with E-state index in [1.165, 1.54) is 0 Å². The monoisotopic (exact) mass is 358 g/mol. The fourth-order valence-corrected chi connectivity index (χ4v) is 4.80. The average molecular weight is 359 g/mol. The first-order valence-corrected chi connectivity index (χ1v) is 9.93. The van der Waals surface area contributed by atoms with Crippen LogP contribution in [-0.4, -0.2) is 54.4 Å². The van der Waals surface area contributed by atoms with Crippen LogP contribution >= 0.6 is 11.6 Å². The quantitative estimate of drug-likeness (QED) is 0.803. The van der Waals surface area contributed by atoms with Crippen molar-refractivity contribution < 1.29 is 17.9 Å². The standard InChI is InChI=1S/C15H19ClN2O4S/c1-2-22-13-6-5-12(16)14(17-13)15(19)18(10-3-4-10)11-7-8-23(20,21)9-11/h5-6,10-11H,2-4,7-9H2,1H3. The molecular weight excluding hydrogens is 340 g/mol. The molecular formula is C15H19ClN2O4S. The fourth-order valence-electron chi connectivity index (χ4n) is 2.90. The molecule has 0 spiro atoms. The summed E-state index contributed by atoms with van der Waals surface area (Å²) in [6.07, 6.45) is 2.27. The lowest BCUT2D eigenvalue weighted by Gasteiger charge is -2.28. The molecule has 2 aliphatic rings. The maximum absolute atomic E-state index is 12.9. The van der Waals surface area contributed by atoms with E-state index in [4.69, 9.17) is 16.3 Å². The van der Waals surface area contributed by atoms with Gasteiger partial charge in [-0.2, -0.15) is 0 Å². The highest BCUT2D eigenvalue weighted by Crippen LogP contribution is 2.34. The van der Waals surface area contributed by atoms with Crippen LogP contribution in [0.25, 0.3) is 0 Å². The molecule has 1 atom stereocenters. The first-order chi connectivity index (χ1) is 10.9. The summed E-state index contributed by atoms with van der Waals surface area (Å²) in [4.78, 5) is 18.8. The topological polar surface area (TPSA) is 76.6 Å². The summed E-state index contributed by atoms with van der Waals surface area (Å²) < 4.78 is 28.8. The number of sulfone groups is 1. The van der Waals surface area contributed by atoms with E-state index in [0.29, 0.717) is 18.9 Å². The van der Waals surface area contributed by atoms with Crippen LogP contribution < -0.4 is 4.74 Å². The maximum Gasteiger partial charge on any atom is 0.274 e. The second-order valence-electron chi connectivity index (χ2n) is 5.91. The Kier molecular flexibility index (Phi) is 4.51. The molecule has 1 aromatic rings. The molecule has 2 fully saturated rings. The van der Waals surface area contributed by atoms with E-state index < -0.39 is 9.84 Å². The van der Waals surface area contributed by atoms with Gasteiger partial charge in [-0.1, -0.05) is 11.6 Å². The highest BCUT2D eigenvalue weighted by Gasteiger charge is 2.43. The number of carbonyl (C=O) groups is 1. The SMILES string of the molecule is CCOc1ccc(Cl)c(C(=O)N(C2CC2)C2CCS(=O)(=O)C2)n1. The predicted molar refractivity (Wildman–Crippen MR) is 86.7 cm³/mol. The summed E-state index contributed by atoms with van der Waals surface area (Å²) in [5, 5.41) is 0.255. The molecule has 0 N–H and O–H groups in total. The van der Waals surface area contributed by atoms with Crippen molar-refractivity contribution in [1.82, 2.24) is 9.88 Å². The van der Waals surface area contributed by atoms with Crippen LogP contribution in [0.4, 0.5) is 0 Å². The van der Waals surface area contributed by atoms with Gasteiger partial charge < -0.3 is 9.64 Å². The van der Waals surface area contributed by atoms with Crippen molar-refractivity contribution in [3.05, 3.63) is 22.8 Å². The van der Waals surface area contributed by atoms with Gasteiger partial charge in [-0.15, -0.1) is 0 Å². The second kappa shape index (κ2) is 6.28. The zero-order chi connectivity index (χ0) is 16.6. The number of aromatic nitrogens is 1. The zero-order valence-corrected chi connectivity index (χ0v) is 14.4. The minimum Gasteiger partial charge on any atom is -0.478 e. The van der Waals surface area contributed by atoms with Crippen molar-refractivity contribution in [3.8, 4) is 5.88 Å². The molecule has 1 saturated heterocycles. The van der Waals surface area contributed by atoms with Crippen LogP contribution in [0.1, 0.15) is 36.7 Å². The summed E-state index contributed by atoms with van der Waals surface area (Å²) >= 11 is 6.14. The summed E-state index contributed by atoms with van der Waals surface area (Å²) in [5.74, 6) is 0.197. The van der Waals surface area contributed by atoms with Gasteiger partial charge in [-0.25, -0.2) is 13.4 Å². The summed E-state index contributed by atoms with van der Waals surface area (Å²) in [7, 11) is -3.06. The van der Waals surface area contributed by atoms with E-state index in [2.05, 4.69) is 4.98 Å². The van der Waals surface area contributed by atoms with Crippen molar-refractivity contribution in [1.29, 1.82) is 0 Å². The molecule has 1 amide bonds. The molecule has 23 heavy (non-hydrogen) atoms. The van der Waals surface area contributed by atoms with E-state index in [-0.39, 0.29) is 40.2 Å². The van der Waals surface area contributed by atoms with Crippen molar-refractivity contribution in [3.63, 3.8) is 0 Å². The lowest BCUT2D eigenvalue weighted by Crippen LogP contribution is -2.43. The molecule has 2 heterocycles. The van der Waals surface area contributed by atoms with Crippen molar-refractivity contribution in [2.45, 2.75) is 38.3 Å². The minimum atomic E-state index is -3.06. The number of nitrogens with zero attached hydrogens (tertiary/aromatic N) is 2. The fraction of sp³-hybridized carbons (Fsp3) is 0.600. The average Bonchev–Trinajstić information content (AvgIpc) is 3.25. The van der Waals surface area contributed by atoms with Crippen LogP contribution in [0.5, 0.6) is 5.88 Å². The molecule has 1 unspecified atom stereocenters. The van der Waals surface area contributed by atoms with Gasteiger partial charge in [0.25, 0.3) is 5.91 Å². The van der Waals surface area contributed by atoms with Gasteiger partial charge in [-0.3, -0.25) is 4.79 Å². The first-order valence-electron chi connectivity index (χ1n) is 7.73. The summed E-state index contributed by atoms with van der Waals surface area (Å²) in [5.41, 5.74) is 0.133. The van der Waals surface area contributed by atoms with Crippen molar-refractivity contribution in [2.75, 3.05) is 18.1 Å². The van der Waals surface area contributed by atoms with Crippen LogP contribution in [0, 0.1) is 0 Å². The molecule has 8 heteroatoms. The minimum absolute atomic E-state index is 0.0258. The number of amides is 1. The maximum atomic E-state index is 12.9. The van der Waals surface area contributed by atoms with E-state index in [1.807, 2.05) is 6.92 Å². The van der Waals surface area contributed by atoms with Crippen molar-refractivity contribution in [2.24, 2.45) is 0 Å². The van der Waals surface area contributed by atoms with E-state index in [9.17, 15) is 13.2 Å². The number of ether oxygens (including phenoxy) is 1. The van der Waals surface area contributed by atoms with Gasteiger partial charge in [0.15, 0.2) is 15.5 Å². The Hall–Kier alpha value is -1.34. The lowest BCUT2D eigenvalue weighted by molar-refractivity contribution is 0.0673. The molecule has 0 radical (unpaired) electrons. The van der Waals surface area contributed by atoms with Crippen LogP contribution in [0.3, 0.4) is 0 Å². The lowest BCUT2D eigenvalue weighted by atomic mass is 10.2. The van der Waals surface area contributed by atoms with Crippen LogP contribution in [0.2, 0.25) is 5.02 Å².